The average molecular weight is 306 g/mol. The van der Waals surface area contributed by atoms with E-state index in [0.29, 0.717) is 17.0 Å². The molecule has 118 valence electrons. The number of aliphatic hydroxyl groups is 2. The predicted molar refractivity (Wildman–Crippen MR) is 77.7 cm³/mol. The van der Waals surface area contributed by atoms with Crippen molar-refractivity contribution in [3.05, 3.63) is 35.5 Å². The summed E-state index contributed by atoms with van der Waals surface area (Å²) in [6.45, 7) is 3.18. The van der Waals surface area contributed by atoms with E-state index >= 15 is 0 Å². The SMILES string of the molecule is COc1cc(NC=C2C(O)OC(C)(C)OC2O)ccc1C#N. The molecule has 3 N–H and O–H groups in total. The van der Waals surface area contributed by atoms with E-state index in [1.807, 2.05) is 6.07 Å². The van der Waals surface area contributed by atoms with E-state index in [-0.39, 0.29) is 5.57 Å². The van der Waals surface area contributed by atoms with E-state index < -0.39 is 18.4 Å². The Morgan fingerprint density at radius 2 is 1.95 bits per heavy atom. The van der Waals surface area contributed by atoms with Crippen LogP contribution in [0.1, 0.15) is 19.4 Å². The number of nitrogens with zero attached hydrogens (tertiary/aromatic N) is 1. The molecule has 0 spiro atoms. The van der Waals surface area contributed by atoms with Gasteiger partial charge >= 0.3 is 0 Å². The molecule has 1 fully saturated rings. The minimum atomic E-state index is -1.29. The van der Waals surface area contributed by atoms with Crippen molar-refractivity contribution in [2.45, 2.75) is 32.2 Å². The fraction of sp³-hybridized carbons (Fsp3) is 0.400. The first-order valence-corrected chi connectivity index (χ1v) is 6.62. The maximum atomic E-state index is 9.90. The molecule has 1 saturated heterocycles. The van der Waals surface area contributed by atoms with Crippen molar-refractivity contribution >= 4 is 5.69 Å². The summed E-state index contributed by atoms with van der Waals surface area (Å²) in [4.78, 5) is 0. The van der Waals surface area contributed by atoms with Crippen molar-refractivity contribution in [3.63, 3.8) is 0 Å². The number of hydrogen-bond acceptors (Lipinski definition) is 7. The Bertz CT molecular complexity index is 605. The monoisotopic (exact) mass is 306 g/mol. The predicted octanol–water partition coefficient (Wildman–Crippen LogP) is 1.28. The van der Waals surface area contributed by atoms with E-state index in [2.05, 4.69) is 5.32 Å². The fourth-order valence-electron chi connectivity index (χ4n) is 2.01. The zero-order chi connectivity index (χ0) is 16.3. The molecule has 2 atom stereocenters. The zero-order valence-corrected chi connectivity index (χ0v) is 12.5. The van der Waals surface area contributed by atoms with Gasteiger partial charge in [-0.25, -0.2) is 0 Å². The van der Waals surface area contributed by atoms with Crippen LogP contribution in [0, 0.1) is 11.3 Å². The van der Waals surface area contributed by atoms with Gasteiger partial charge in [0.05, 0.1) is 18.2 Å². The number of rotatable bonds is 3. The maximum absolute atomic E-state index is 9.90. The number of aliphatic hydroxyl groups excluding tert-OH is 2. The van der Waals surface area contributed by atoms with E-state index in [4.69, 9.17) is 19.5 Å². The largest absolute Gasteiger partial charge is 0.495 e. The van der Waals surface area contributed by atoms with Gasteiger partial charge in [-0.2, -0.15) is 5.26 Å². The quantitative estimate of drug-likeness (QED) is 0.772. The first-order chi connectivity index (χ1) is 10.4. The molecule has 1 aromatic carbocycles. The first-order valence-electron chi connectivity index (χ1n) is 6.62. The molecular weight excluding hydrogens is 288 g/mol. The number of hydrogen-bond donors (Lipinski definition) is 3. The molecule has 1 aromatic rings. The molecule has 0 amide bonds. The molecule has 0 saturated carbocycles. The standard InChI is InChI=1S/C15H18N2O5/c1-15(2)21-13(18)11(14(19)22-15)8-17-10-5-4-9(7-16)12(6-10)20-3/h4-6,8,13-14,17-19H,1-3H3. The van der Waals surface area contributed by atoms with Crippen LogP contribution >= 0.6 is 0 Å². The van der Waals surface area contributed by atoms with Gasteiger partial charge in [-0.05, 0) is 26.0 Å². The highest BCUT2D eigenvalue weighted by molar-refractivity contribution is 5.56. The molecule has 0 aliphatic carbocycles. The highest BCUT2D eigenvalue weighted by Gasteiger charge is 2.37. The molecule has 0 radical (unpaired) electrons. The summed E-state index contributed by atoms with van der Waals surface area (Å²) in [7, 11) is 1.47. The Labute approximate surface area is 128 Å². The third kappa shape index (κ3) is 3.55. The number of methoxy groups -OCH3 is 1. The van der Waals surface area contributed by atoms with Gasteiger partial charge in [-0.3, -0.25) is 0 Å². The van der Waals surface area contributed by atoms with E-state index in [9.17, 15) is 10.2 Å². The van der Waals surface area contributed by atoms with Gasteiger partial charge < -0.3 is 29.7 Å². The van der Waals surface area contributed by atoms with Crippen molar-refractivity contribution in [1.82, 2.24) is 0 Å². The van der Waals surface area contributed by atoms with Crippen LogP contribution in [0.25, 0.3) is 0 Å². The molecule has 2 unspecified atom stereocenters. The summed E-state index contributed by atoms with van der Waals surface area (Å²) >= 11 is 0. The molecule has 0 aromatic heterocycles. The van der Waals surface area contributed by atoms with Crippen molar-refractivity contribution in [1.29, 1.82) is 5.26 Å². The van der Waals surface area contributed by atoms with Crippen LogP contribution in [0.2, 0.25) is 0 Å². The molecule has 22 heavy (non-hydrogen) atoms. The second kappa shape index (κ2) is 6.34. The Hall–Kier alpha value is -2.11. The minimum Gasteiger partial charge on any atom is -0.495 e. The highest BCUT2D eigenvalue weighted by atomic mass is 16.8. The van der Waals surface area contributed by atoms with Gasteiger partial charge in [0.15, 0.2) is 18.4 Å². The van der Waals surface area contributed by atoms with Crippen LogP contribution in [-0.4, -0.2) is 35.7 Å². The molecular formula is C15H18N2O5. The fourth-order valence-corrected chi connectivity index (χ4v) is 2.01. The van der Waals surface area contributed by atoms with Crippen LogP contribution in [0.4, 0.5) is 5.69 Å². The molecule has 7 nitrogen and oxygen atoms in total. The number of benzene rings is 1. The van der Waals surface area contributed by atoms with Gasteiger partial charge in [0.1, 0.15) is 11.8 Å². The van der Waals surface area contributed by atoms with Gasteiger partial charge in [0, 0.05) is 18.0 Å². The van der Waals surface area contributed by atoms with Gasteiger partial charge in [-0.15, -0.1) is 0 Å². The highest BCUT2D eigenvalue weighted by Crippen LogP contribution is 2.29. The lowest BCUT2D eigenvalue weighted by Gasteiger charge is -2.38. The molecule has 2 rings (SSSR count). The van der Waals surface area contributed by atoms with Gasteiger partial charge in [0.25, 0.3) is 0 Å². The lowest BCUT2D eigenvalue weighted by atomic mass is 10.2. The van der Waals surface area contributed by atoms with Crippen molar-refractivity contribution in [2.75, 3.05) is 12.4 Å². The maximum Gasteiger partial charge on any atom is 0.187 e. The van der Waals surface area contributed by atoms with Crippen LogP contribution in [-0.2, 0) is 9.47 Å². The summed E-state index contributed by atoms with van der Waals surface area (Å²) in [5.74, 6) is -0.655. The van der Waals surface area contributed by atoms with Gasteiger partial charge in [0.2, 0.25) is 0 Å². The summed E-state index contributed by atoms with van der Waals surface area (Å²) in [5, 5.41) is 31.6. The van der Waals surface area contributed by atoms with E-state index in [0.717, 1.165) is 0 Å². The van der Waals surface area contributed by atoms with Crippen LogP contribution in [0.5, 0.6) is 5.75 Å². The summed E-state index contributed by atoms with van der Waals surface area (Å²) < 4.78 is 15.6. The van der Waals surface area contributed by atoms with Crippen LogP contribution in [0.15, 0.2) is 30.0 Å². The van der Waals surface area contributed by atoms with Crippen LogP contribution in [0.3, 0.4) is 0 Å². The summed E-state index contributed by atoms with van der Waals surface area (Å²) in [6, 6.07) is 6.91. The molecule has 7 heteroatoms. The Morgan fingerprint density at radius 3 is 2.50 bits per heavy atom. The average Bonchev–Trinajstić information content (AvgIpc) is 2.44. The van der Waals surface area contributed by atoms with Crippen molar-refractivity contribution in [2.24, 2.45) is 0 Å². The van der Waals surface area contributed by atoms with Crippen molar-refractivity contribution in [3.8, 4) is 11.8 Å². The number of nitrogens with one attached hydrogen (secondary N) is 1. The molecule has 1 aliphatic rings. The summed E-state index contributed by atoms with van der Waals surface area (Å²) in [5.41, 5.74) is 1.17. The third-order valence-corrected chi connectivity index (χ3v) is 3.09. The summed E-state index contributed by atoms with van der Waals surface area (Å²) in [6.07, 6.45) is -1.18. The third-order valence-electron chi connectivity index (χ3n) is 3.09. The minimum absolute atomic E-state index is 0.141. The molecule has 0 bridgehead atoms. The number of anilines is 1. The Morgan fingerprint density at radius 1 is 1.32 bits per heavy atom. The van der Waals surface area contributed by atoms with Crippen molar-refractivity contribution < 1.29 is 24.4 Å². The number of ether oxygens (including phenoxy) is 3. The lowest BCUT2D eigenvalue weighted by molar-refractivity contribution is -0.346. The first kappa shape index (κ1) is 16.3. The normalized spacial score (nSPS) is 23.5. The second-order valence-corrected chi connectivity index (χ2v) is 5.16. The Balaban J connectivity index is 2.16. The Kier molecular flexibility index (Phi) is 4.68. The molecule has 1 aliphatic heterocycles. The lowest BCUT2D eigenvalue weighted by Crippen LogP contribution is -2.46. The van der Waals surface area contributed by atoms with E-state index in [1.54, 1.807) is 32.0 Å². The smallest absolute Gasteiger partial charge is 0.187 e. The number of nitriles is 1. The van der Waals surface area contributed by atoms with Gasteiger partial charge in [-0.1, -0.05) is 0 Å². The van der Waals surface area contributed by atoms with Crippen LogP contribution < -0.4 is 10.1 Å². The van der Waals surface area contributed by atoms with E-state index in [1.165, 1.54) is 13.3 Å². The second-order valence-electron chi connectivity index (χ2n) is 5.16. The molecule has 1 heterocycles. The zero-order valence-electron chi connectivity index (χ0n) is 12.5. The topological polar surface area (TPSA) is 104 Å².